The van der Waals surface area contributed by atoms with Crippen molar-refractivity contribution in [3.63, 3.8) is 0 Å². The van der Waals surface area contributed by atoms with Gasteiger partial charge >= 0.3 is 0 Å². The van der Waals surface area contributed by atoms with E-state index in [1.807, 2.05) is 6.92 Å². The van der Waals surface area contributed by atoms with Gasteiger partial charge in [-0.15, -0.1) is 0 Å². The Balaban J connectivity index is 1.91. The zero-order chi connectivity index (χ0) is 17.5. The molecule has 0 radical (unpaired) electrons. The lowest BCUT2D eigenvalue weighted by Gasteiger charge is -2.12. The van der Waals surface area contributed by atoms with Crippen molar-refractivity contribution in [1.82, 2.24) is 10.2 Å². The fraction of sp³-hybridized carbons (Fsp3) is 0.353. The average molecular weight is 367 g/mol. The molecule has 1 saturated heterocycles. The van der Waals surface area contributed by atoms with Crippen molar-refractivity contribution in [2.45, 2.75) is 26.2 Å². The first-order valence-electron chi connectivity index (χ1n) is 7.79. The van der Waals surface area contributed by atoms with Crippen LogP contribution in [0, 0.1) is 0 Å². The van der Waals surface area contributed by atoms with Gasteiger partial charge in [0.15, 0.2) is 0 Å². The standard InChI is InChI=1S/C17H19ClN2O3S/c1-2-3-4-15(21)19-9-10-20-16(22)14(24-17(20)23)11-12-5-7-13(18)8-6-12/h5-8,11H,2-4,9-10H2,1H3,(H,19,21)/b14-11-. The molecule has 0 unspecified atom stereocenters. The third-order valence-corrected chi connectivity index (χ3v) is 4.62. The molecule has 1 aliphatic heterocycles. The van der Waals surface area contributed by atoms with Crippen molar-refractivity contribution in [1.29, 1.82) is 0 Å². The minimum absolute atomic E-state index is 0.0551. The Morgan fingerprint density at radius 1 is 1.29 bits per heavy atom. The Bertz CT molecular complexity index is 658. The molecule has 1 aliphatic rings. The molecule has 1 heterocycles. The van der Waals surface area contributed by atoms with Crippen LogP contribution in [0.4, 0.5) is 4.79 Å². The highest BCUT2D eigenvalue weighted by atomic mass is 35.5. The second kappa shape index (κ2) is 8.89. The minimum atomic E-state index is -0.331. The number of benzene rings is 1. The van der Waals surface area contributed by atoms with Gasteiger partial charge in [-0.2, -0.15) is 0 Å². The number of halogens is 1. The smallest absolute Gasteiger partial charge is 0.293 e. The van der Waals surface area contributed by atoms with Crippen molar-refractivity contribution in [3.05, 3.63) is 39.8 Å². The van der Waals surface area contributed by atoms with Gasteiger partial charge in [0.25, 0.3) is 11.1 Å². The van der Waals surface area contributed by atoms with E-state index in [0.717, 1.165) is 35.1 Å². The number of carbonyl (C=O) groups is 3. The summed E-state index contributed by atoms with van der Waals surface area (Å²) in [7, 11) is 0. The molecule has 7 heteroatoms. The number of hydrogen-bond acceptors (Lipinski definition) is 4. The predicted octanol–water partition coefficient (Wildman–Crippen LogP) is 3.68. The van der Waals surface area contributed by atoms with E-state index in [4.69, 9.17) is 11.6 Å². The summed E-state index contributed by atoms with van der Waals surface area (Å²) in [5.41, 5.74) is 0.803. The number of thioether (sulfide) groups is 1. The average Bonchev–Trinajstić information content (AvgIpc) is 2.82. The molecule has 1 fully saturated rings. The number of rotatable bonds is 7. The van der Waals surface area contributed by atoms with Gasteiger partial charge in [-0.25, -0.2) is 0 Å². The fourth-order valence-electron chi connectivity index (χ4n) is 2.14. The molecule has 0 aliphatic carbocycles. The predicted molar refractivity (Wildman–Crippen MR) is 96.7 cm³/mol. The normalized spacial score (nSPS) is 16.1. The van der Waals surface area contributed by atoms with E-state index in [9.17, 15) is 14.4 Å². The van der Waals surface area contributed by atoms with Gasteiger partial charge in [0.05, 0.1) is 4.91 Å². The van der Waals surface area contributed by atoms with Crippen LogP contribution < -0.4 is 5.32 Å². The Labute approximate surface area is 150 Å². The van der Waals surface area contributed by atoms with Crippen LogP contribution in [0.1, 0.15) is 31.7 Å². The minimum Gasteiger partial charge on any atom is -0.354 e. The molecule has 24 heavy (non-hydrogen) atoms. The maximum atomic E-state index is 12.3. The maximum absolute atomic E-state index is 12.3. The zero-order valence-electron chi connectivity index (χ0n) is 13.4. The molecule has 0 atom stereocenters. The summed E-state index contributed by atoms with van der Waals surface area (Å²) in [6.07, 6.45) is 3.92. The Kier molecular flexibility index (Phi) is 6.87. The van der Waals surface area contributed by atoms with Gasteiger partial charge in [-0.05, 0) is 42.0 Å². The SMILES string of the molecule is CCCCC(=O)NCCN1C(=O)S/C(=C\c2ccc(Cl)cc2)C1=O. The van der Waals surface area contributed by atoms with Crippen molar-refractivity contribution in [2.75, 3.05) is 13.1 Å². The molecule has 0 bridgehead atoms. The number of carbonyl (C=O) groups excluding carboxylic acids is 3. The third-order valence-electron chi connectivity index (χ3n) is 3.46. The van der Waals surface area contributed by atoms with Gasteiger partial charge in [0.1, 0.15) is 0 Å². The maximum Gasteiger partial charge on any atom is 0.293 e. The van der Waals surface area contributed by atoms with E-state index in [2.05, 4.69) is 5.32 Å². The summed E-state index contributed by atoms with van der Waals surface area (Å²) >= 11 is 6.73. The molecule has 128 valence electrons. The number of nitrogens with one attached hydrogen (secondary N) is 1. The van der Waals surface area contributed by atoms with Crippen LogP contribution in [-0.4, -0.2) is 35.0 Å². The lowest BCUT2D eigenvalue weighted by molar-refractivity contribution is -0.124. The van der Waals surface area contributed by atoms with Gasteiger partial charge in [-0.3, -0.25) is 19.3 Å². The second-order valence-electron chi connectivity index (χ2n) is 5.34. The van der Waals surface area contributed by atoms with E-state index in [-0.39, 0.29) is 30.1 Å². The third kappa shape index (κ3) is 5.11. The monoisotopic (exact) mass is 366 g/mol. The van der Waals surface area contributed by atoms with E-state index in [1.54, 1.807) is 30.3 Å². The first kappa shape index (κ1) is 18.5. The molecule has 2 rings (SSSR count). The summed E-state index contributed by atoms with van der Waals surface area (Å²) in [4.78, 5) is 37.4. The molecule has 1 aromatic rings. The lowest BCUT2D eigenvalue weighted by Crippen LogP contribution is -2.37. The van der Waals surface area contributed by atoms with Crippen LogP contribution in [0.3, 0.4) is 0 Å². The number of hydrogen-bond donors (Lipinski definition) is 1. The van der Waals surface area contributed by atoms with Crippen LogP contribution in [0.2, 0.25) is 5.02 Å². The van der Waals surface area contributed by atoms with Gasteiger partial charge in [0.2, 0.25) is 5.91 Å². The number of imide groups is 1. The molecule has 0 saturated carbocycles. The van der Waals surface area contributed by atoms with Crippen molar-refractivity contribution in [2.24, 2.45) is 0 Å². The van der Waals surface area contributed by atoms with E-state index >= 15 is 0 Å². The van der Waals surface area contributed by atoms with E-state index < -0.39 is 0 Å². The van der Waals surface area contributed by atoms with Crippen LogP contribution in [-0.2, 0) is 9.59 Å². The number of unbranched alkanes of at least 4 members (excludes halogenated alkanes) is 1. The zero-order valence-corrected chi connectivity index (χ0v) is 15.0. The topological polar surface area (TPSA) is 66.5 Å². The van der Waals surface area contributed by atoms with Crippen molar-refractivity contribution >= 4 is 46.5 Å². The summed E-state index contributed by atoms with van der Waals surface area (Å²) < 4.78 is 0. The Morgan fingerprint density at radius 3 is 2.67 bits per heavy atom. The summed E-state index contributed by atoms with van der Waals surface area (Å²) in [5, 5.41) is 3.02. The van der Waals surface area contributed by atoms with Crippen molar-refractivity contribution < 1.29 is 14.4 Å². The van der Waals surface area contributed by atoms with Crippen LogP contribution >= 0.6 is 23.4 Å². The fourth-order valence-corrected chi connectivity index (χ4v) is 3.13. The molecule has 5 nitrogen and oxygen atoms in total. The molecular weight excluding hydrogens is 348 g/mol. The number of amides is 3. The quantitative estimate of drug-likeness (QED) is 0.747. The highest BCUT2D eigenvalue weighted by Crippen LogP contribution is 2.32. The summed E-state index contributed by atoms with van der Waals surface area (Å²) in [6.45, 7) is 2.47. The number of nitrogens with zero attached hydrogens (tertiary/aromatic N) is 1. The Morgan fingerprint density at radius 2 is 2.00 bits per heavy atom. The van der Waals surface area contributed by atoms with Gasteiger partial charge < -0.3 is 5.32 Å². The highest BCUT2D eigenvalue weighted by Gasteiger charge is 2.34. The van der Waals surface area contributed by atoms with Crippen LogP contribution in [0.25, 0.3) is 6.08 Å². The molecule has 1 aromatic carbocycles. The van der Waals surface area contributed by atoms with Gasteiger partial charge in [-0.1, -0.05) is 37.1 Å². The molecule has 0 aromatic heterocycles. The largest absolute Gasteiger partial charge is 0.354 e. The van der Waals surface area contributed by atoms with Crippen molar-refractivity contribution in [3.8, 4) is 0 Å². The summed E-state index contributed by atoms with van der Waals surface area (Å²) in [6, 6.07) is 7.02. The molecule has 1 N–H and O–H groups in total. The lowest BCUT2D eigenvalue weighted by atomic mass is 10.2. The second-order valence-corrected chi connectivity index (χ2v) is 6.77. The van der Waals surface area contributed by atoms with E-state index in [0.29, 0.717) is 16.3 Å². The molecule has 0 spiro atoms. The van der Waals surface area contributed by atoms with E-state index in [1.165, 1.54) is 0 Å². The highest BCUT2D eigenvalue weighted by molar-refractivity contribution is 8.18. The van der Waals surface area contributed by atoms with Gasteiger partial charge in [0, 0.05) is 24.5 Å². The Hall–Kier alpha value is -1.79. The summed E-state index contributed by atoms with van der Waals surface area (Å²) in [5.74, 6) is -0.386. The van der Waals surface area contributed by atoms with Crippen LogP contribution in [0.5, 0.6) is 0 Å². The first-order valence-corrected chi connectivity index (χ1v) is 8.98. The first-order chi connectivity index (χ1) is 11.5. The van der Waals surface area contributed by atoms with Crippen LogP contribution in [0.15, 0.2) is 29.2 Å². The molecular formula is C17H19ClN2O3S. The molecule has 3 amide bonds.